The number of hydrogen-bond acceptors (Lipinski definition) is 7. The normalized spacial score (nSPS) is 12.9. The molecule has 4 rings (SSSR count). The van der Waals surface area contributed by atoms with E-state index in [1.165, 1.54) is 28.8 Å². The number of benzene rings is 2. The summed E-state index contributed by atoms with van der Waals surface area (Å²) in [4.78, 5) is 37.4. The number of nitrogens with one attached hydrogen (secondary N) is 1. The molecule has 2 aromatic carbocycles. The Balaban J connectivity index is 1.57. The molecule has 1 aromatic heterocycles. The van der Waals surface area contributed by atoms with Gasteiger partial charge >= 0.3 is 0 Å². The van der Waals surface area contributed by atoms with Gasteiger partial charge in [-0.2, -0.15) is 0 Å². The van der Waals surface area contributed by atoms with E-state index in [9.17, 15) is 14.0 Å². The fourth-order valence-electron chi connectivity index (χ4n) is 4.09. The number of anilines is 1. The summed E-state index contributed by atoms with van der Waals surface area (Å²) < 4.78 is 24.3. The van der Waals surface area contributed by atoms with E-state index in [1.807, 2.05) is 33.8 Å². The summed E-state index contributed by atoms with van der Waals surface area (Å²) in [5.74, 6) is 0.0321. The number of aromatic nitrogens is 2. The Kier molecular flexibility index (Phi) is 8.27. The molecule has 3 aromatic rings. The van der Waals surface area contributed by atoms with Crippen molar-refractivity contribution in [1.82, 2.24) is 14.9 Å². The van der Waals surface area contributed by atoms with Crippen LogP contribution in [0.5, 0.6) is 11.5 Å². The topological polar surface area (TPSA) is 93.7 Å². The van der Waals surface area contributed by atoms with Crippen molar-refractivity contribution in [2.75, 3.05) is 17.9 Å². The molecule has 0 spiro atoms. The summed E-state index contributed by atoms with van der Waals surface area (Å²) in [6, 6.07) is 12.1. The smallest absolute Gasteiger partial charge is 0.247 e. The number of halogens is 1. The van der Waals surface area contributed by atoms with E-state index >= 15 is 0 Å². The van der Waals surface area contributed by atoms with Crippen molar-refractivity contribution >= 4 is 29.3 Å². The Morgan fingerprint density at radius 3 is 2.38 bits per heavy atom. The van der Waals surface area contributed by atoms with Gasteiger partial charge in [-0.25, -0.2) is 14.4 Å². The van der Waals surface area contributed by atoms with E-state index in [4.69, 9.17) is 9.47 Å². The van der Waals surface area contributed by atoms with E-state index in [2.05, 4.69) is 15.3 Å². The van der Waals surface area contributed by atoms with Gasteiger partial charge in [0.1, 0.15) is 11.9 Å². The lowest BCUT2D eigenvalue weighted by Gasteiger charge is -2.33. The zero-order valence-electron chi connectivity index (χ0n) is 21.2. The lowest BCUT2D eigenvalue weighted by Crippen LogP contribution is -2.50. The van der Waals surface area contributed by atoms with Crippen LogP contribution in [0, 0.1) is 25.6 Å². The maximum Gasteiger partial charge on any atom is 0.247 e. The Bertz CT molecular complexity index is 1270. The van der Waals surface area contributed by atoms with Crippen molar-refractivity contribution in [3.63, 3.8) is 0 Å². The number of carbonyl (C=O) groups is 2. The molecule has 2 amide bonds. The van der Waals surface area contributed by atoms with Crippen molar-refractivity contribution in [3.8, 4) is 11.5 Å². The van der Waals surface area contributed by atoms with Crippen molar-refractivity contribution in [2.24, 2.45) is 5.92 Å². The Labute approximate surface area is 219 Å². The van der Waals surface area contributed by atoms with Gasteiger partial charge in [-0.3, -0.25) is 9.59 Å². The minimum absolute atomic E-state index is 0.0462. The van der Waals surface area contributed by atoms with Crippen LogP contribution in [0.2, 0.25) is 0 Å². The fourth-order valence-corrected chi connectivity index (χ4v) is 4.93. The number of fused-ring (bicyclic) bond motifs is 1. The molecular formula is C27H29FN4O4S. The first-order chi connectivity index (χ1) is 17.7. The molecule has 0 aliphatic carbocycles. The largest absolute Gasteiger partial charge is 0.454 e. The van der Waals surface area contributed by atoms with Crippen LogP contribution < -0.4 is 14.8 Å². The van der Waals surface area contributed by atoms with Gasteiger partial charge < -0.3 is 19.7 Å². The van der Waals surface area contributed by atoms with Gasteiger partial charge in [0.15, 0.2) is 16.7 Å². The minimum atomic E-state index is -0.788. The standard InChI is InChI=1S/C27H29FN4O4S/c1-16(2)25(26(34)31-21-9-10-22-23(12-21)36-15-35-22)32(13-19-5-7-20(28)8-6-19)24(33)14-37-27-29-17(3)11-18(4)30-27/h5-12,16,25H,13-15H2,1-4H3,(H,31,34)/t25-/m0/s1. The number of hydrogen-bond donors (Lipinski definition) is 1. The number of amides is 2. The molecule has 194 valence electrons. The summed E-state index contributed by atoms with van der Waals surface area (Å²) in [5.41, 5.74) is 2.87. The zero-order valence-corrected chi connectivity index (χ0v) is 22.0. The molecule has 0 unspecified atom stereocenters. The van der Waals surface area contributed by atoms with Gasteiger partial charge in [-0.05, 0) is 55.7 Å². The molecule has 0 bridgehead atoms. The van der Waals surface area contributed by atoms with Gasteiger partial charge in [-0.1, -0.05) is 37.7 Å². The quantitative estimate of drug-likeness (QED) is 0.319. The molecule has 2 heterocycles. The molecule has 8 nitrogen and oxygen atoms in total. The maximum absolute atomic E-state index is 13.6. The second-order valence-electron chi connectivity index (χ2n) is 9.12. The third-order valence-electron chi connectivity index (χ3n) is 5.75. The van der Waals surface area contributed by atoms with E-state index in [0.717, 1.165) is 11.4 Å². The number of thioether (sulfide) groups is 1. The van der Waals surface area contributed by atoms with Gasteiger partial charge in [0.2, 0.25) is 18.6 Å². The van der Waals surface area contributed by atoms with E-state index < -0.39 is 6.04 Å². The van der Waals surface area contributed by atoms with Crippen LogP contribution in [0.1, 0.15) is 30.8 Å². The molecule has 1 atom stereocenters. The van der Waals surface area contributed by atoms with Crippen molar-refractivity contribution in [2.45, 2.75) is 45.4 Å². The monoisotopic (exact) mass is 524 g/mol. The molecule has 1 aliphatic heterocycles. The number of aryl methyl sites for hydroxylation is 2. The fraction of sp³-hybridized carbons (Fsp3) is 0.333. The summed E-state index contributed by atoms with van der Waals surface area (Å²) in [7, 11) is 0. The third kappa shape index (κ3) is 6.76. The predicted molar refractivity (Wildman–Crippen MR) is 139 cm³/mol. The first-order valence-electron chi connectivity index (χ1n) is 11.9. The highest BCUT2D eigenvalue weighted by molar-refractivity contribution is 7.99. The summed E-state index contributed by atoms with van der Waals surface area (Å²) in [6.07, 6.45) is 0. The van der Waals surface area contributed by atoms with Gasteiger partial charge in [-0.15, -0.1) is 0 Å². The van der Waals surface area contributed by atoms with E-state index in [-0.39, 0.29) is 42.6 Å². The second-order valence-corrected chi connectivity index (χ2v) is 10.1. The molecule has 37 heavy (non-hydrogen) atoms. The van der Waals surface area contributed by atoms with Crippen LogP contribution in [0.25, 0.3) is 0 Å². The highest BCUT2D eigenvalue weighted by Gasteiger charge is 2.33. The molecule has 10 heteroatoms. The van der Waals surface area contributed by atoms with Crippen LogP contribution in [0.15, 0.2) is 53.7 Å². The van der Waals surface area contributed by atoms with Crippen LogP contribution in [-0.4, -0.2) is 45.3 Å². The van der Waals surface area contributed by atoms with E-state index in [1.54, 1.807) is 30.3 Å². The lowest BCUT2D eigenvalue weighted by atomic mass is 10.00. The number of carbonyl (C=O) groups excluding carboxylic acids is 2. The Morgan fingerprint density at radius 1 is 1.03 bits per heavy atom. The molecular weight excluding hydrogens is 495 g/mol. The summed E-state index contributed by atoms with van der Waals surface area (Å²) in [5, 5.41) is 3.41. The Morgan fingerprint density at radius 2 is 1.70 bits per heavy atom. The number of ether oxygens (including phenoxy) is 2. The van der Waals surface area contributed by atoms with Crippen LogP contribution in [0.3, 0.4) is 0 Å². The predicted octanol–water partition coefficient (Wildman–Crippen LogP) is 4.75. The molecule has 0 saturated heterocycles. The van der Waals surface area contributed by atoms with Crippen molar-refractivity contribution in [3.05, 3.63) is 71.3 Å². The lowest BCUT2D eigenvalue weighted by molar-refractivity contribution is -0.138. The van der Waals surface area contributed by atoms with Gasteiger partial charge in [0.05, 0.1) is 5.75 Å². The second kappa shape index (κ2) is 11.6. The summed E-state index contributed by atoms with van der Waals surface area (Å²) in [6.45, 7) is 7.78. The molecule has 0 saturated carbocycles. The third-order valence-corrected chi connectivity index (χ3v) is 6.58. The average Bonchev–Trinajstić information content (AvgIpc) is 3.30. The van der Waals surface area contributed by atoms with Crippen molar-refractivity contribution in [1.29, 1.82) is 0 Å². The number of nitrogens with zero attached hydrogens (tertiary/aromatic N) is 3. The molecule has 1 aliphatic rings. The van der Waals surface area contributed by atoms with Crippen LogP contribution in [0.4, 0.5) is 10.1 Å². The average molecular weight is 525 g/mol. The zero-order chi connectivity index (χ0) is 26.5. The Hall–Kier alpha value is -3.66. The van der Waals surface area contributed by atoms with Gasteiger partial charge in [0, 0.05) is 29.7 Å². The molecule has 1 N–H and O–H groups in total. The van der Waals surface area contributed by atoms with Crippen LogP contribution >= 0.6 is 11.8 Å². The number of rotatable bonds is 9. The highest BCUT2D eigenvalue weighted by atomic mass is 32.2. The highest BCUT2D eigenvalue weighted by Crippen LogP contribution is 2.34. The maximum atomic E-state index is 13.6. The minimum Gasteiger partial charge on any atom is -0.454 e. The van der Waals surface area contributed by atoms with E-state index in [0.29, 0.717) is 27.9 Å². The van der Waals surface area contributed by atoms with Crippen molar-refractivity contribution < 1.29 is 23.5 Å². The first-order valence-corrected chi connectivity index (χ1v) is 12.9. The van der Waals surface area contributed by atoms with Crippen LogP contribution in [-0.2, 0) is 16.1 Å². The van der Waals surface area contributed by atoms with Gasteiger partial charge in [0.25, 0.3) is 0 Å². The summed E-state index contributed by atoms with van der Waals surface area (Å²) >= 11 is 1.22. The molecule has 0 radical (unpaired) electrons. The molecule has 0 fully saturated rings. The SMILES string of the molecule is Cc1cc(C)nc(SCC(=O)N(Cc2ccc(F)cc2)[C@H](C(=O)Nc2ccc3c(c2)OCO3)C(C)C)n1. The first kappa shape index (κ1) is 26.4.